The van der Waals surface area contributed by atoms with Gasteiger partial charge in [0.2, 0.25) is 0 Å². The number of alkyl halides is 2. The Kier molecular flexibility index (Phi) is 5.21. The third-order valence-electron chi connectivity index (χ3n) is 3.39. The van der Waals surface area contributed by atoms with E-state index in [-0.39, 0.29) is 11.3 Å². The summed E-state index contributed by atoms with van der Waals surface area (Å²) in [6.45, 7) is -1.54. The fraction of sp³-hybridized carbons (Fsp3) is 0.188. The lowest BCUT2D eigenvalue weighted by Crippen LogP contribution is -2.31. The number of nitrogens with one attached hydrogen (secondary N) is 2. The number of pyridine rings is 1. The third-order valence-corrected chi connectivity index (χ3v) is 4.29. The van der Waals surface area contributed by atoms with Gasteiger partial charge in [0.1, 0.15) is 21.9 Å². The van der Waals surface area contributed by atoms with Crippen LogP contribution >= 0.6 is 11.3 Å². The quantitative estimate of drug-likeness (QED) is 0.689. The summed E-state index contributed by atoms with van der Waals surface area (Å²) < 4.78 is 42.6. The van der Waals surface area contributed by atoms with Crippen molar-refractivity contribution in [3.8, 4) is 5.75 Å². The molecule has 6 nitrogen and oxygen atoms in total. The molecule has 2 N–H and O–H groups in total. The average Bonchev–Trinajstić information content (AvgIpc) is 2.96. The van der Waals surface area contributed by atoms with Crippen molar-refractivity contribution in [3.05, 3.63) is 47.9 Å². The Morgan fingerprint density at radius 1 is 1.31 bits per heavy atom. The van der Waals surface area contributed by atoms with Gasteiger partial charge in [-0.15, -0.1) is 0 Å². The summed E-state index contributed by atoms with van der Waals surface area (Å²) in [4.78, 5) is 21.1. The molecule has 3 rings (SSSR count). The first-order valence-corrected chi connectivity index (χ1v) is 8.27. The number of anilines is 1. The van der Waals surface area contributed by atoms with Gasteiger partial charge in [0.05, 0.1) is 6.04 Å². The van der Waals surface area contributed by atoms with Crippen LogP contribution in [0.15, 0.2) is 36.5 Å². The van der Waals surface area contributed by atoms with Crippen LogP contribution in [0.3, 0.4) is 0 Å². The molecule has 0 aliphatic carbocycles. The van der Waals surface area contributed by atoms with Crippen molar-refractivity contribution in [1.82, 2.24) is 15.3 Å². The molecule has 1 atom stereocenters. The number of fused-ring (bicyclic) bond motifs is 1. The van der Waals surface area contributed by atoms with Gasteiger partial charge < -0.3 is 10.1 Å². The van der Waals surface area contributed by atoms with Crippen molar-refractivity contribution >= 4 is 32.8 Å². The number of halogens is 3. The maximum atomic E-state index is 13.3. The molecule has 0 saturated carbocycles. The van der Waals surface area contributed by atoms with E-state index in [0.717, 1.165) is 12.1 Å². The van der Waals surface area contributed by atoms with Gasteiger partial charge in [0.15, 0.2) is 5.13 Å². The standard InChI is InChI=1S/C16H13F3N4O2S/c1-8(10-5-4-9(17)7-12(10)25-14(18)19)21-15(24)23-16-22-11-3-2-6-20-13(11)26-16/h2-8,14H,1H3,(H2,21,22,23,24)/t8-/m0/s1. The molecule has 26 heavy (non-hydrogen) atoms. The molecule has 136 valence electrons. The summed E-state index contributed by atoms with van der Waals surface area (Å²) in [6.07, 6.45) is 1.62. The number of benzene rings is 1. The topological polar surface area (TPSA) is 76.1 Å². The van der Waals surface area contributed by atoms with E-state index in [4.69, 9.17) is 0 Å². The van der Waals surface area contributed by atoms with Gasteiger partial charge in [-0.3, -0.25) is 5.32 Å². The zero-order chi connectivity index (χ0) is 18.7. The number of amides is 2. The van der Waals surface area contributed by atoms with Crippen LogP contribution in [-0.2, 0) is 0 Å². The highest BCUT2D eigenvalue weighted by Crippen LogP contribution is 2.28. The molecule has 0 unspecified atom stereocenters. The van der Waals surface area contributed by atoms with Crippen molar-refractivity contribution in [2.24, 2.45) is 0 Å². The molecule has 10 heteroatoms. The van der Waals surface area contributed by atoms with E-state index in [2.05, 4.69) is 25.3 Å². The molecule has 0 aliphatic heterocycles. The molecule has 3 aromatic rings. The number of rotatable bonds is 5. The predicted molar refractivity (Wildman–Crippen MR) is 91.0 cm³/mol. The number of carbonyl (C=O) groups excluding carboxylic acids is 1. The maximum Gasteiger partial charge on any atom is 0.387 e. The van der Waals surface area contributed by atoms with Gasteiger partial charge in [0.25, 0.3) is 0 Å². The summed E-state index contributed by atoms with van der Waals surface area (Å²) >= 11 is 1.19. The number of aromatic nitrogens is 2. The molecule has 0 bridgehead atoms. The fourth-order valence-electron chi connectivity index (χ4n) is 2.29. The van der Waals surface area contributed by atoms with Crippen LogP contribution in [0.1, 0.15) is 18.5 Å². The smallest absolute Gasteiger partial charge is 0.387 e. The first-order chi connectivity index (χ1) is 12.4. The lowest BCUT2D eigenvalue weighted by molar-refractivity contribution is -0.0507. The van der Waals surface area contributed by atoms with Crippen molar-refractivity contribution < 1.29 is 22.7 Å². The van der Waals surface area contributed by atoms with Gasteiger partial charge in [-0.1, -0.05) is 17.4 Å². The second-order valence-corrected chi connectivity index (χ2v) is 6.21. The zero-order valence-corrected chi connectivity index (χ0v) is 14.2. The largest absolute Gasteiger partial charge is 0.434 e. The minimum absolute atomic E-state index is 0.216. The van der Waals surface area contributed by atoms with Crippen LogP contribution < -0.4 is 15.4 Å². The lowest BCUT2D eigenvalue weighted by atomic mass is 10.1. The monoisotopic (exact) mass is 382 g/mol. The van der Waals surface area contributed by atoms with Crippen LogP contribution in [-0.4, -0.2) is 22.6 Å². The summed E-state index contributed by atoms with van der Waals surface area (Å²) in [6, 6.07) is 5.41. The van der Waals surface area contributed by atoms with E-state index in [1.165, 1.54) is 17.4 Å². The van der Waals surface area contributed by atoms with Gasteiger partial charge in [-0.25, -0.2) is 19.2 Å². The van der Waals surface area contributed by atoms with E-state index in [9.17, 15) is 18.0 Å². The molecule has 2 heterocycles. The van der Waals surface area contributed by atoms with Crippen LogP contribution in [0.4, 0.5) is 23.1 Å². The Morgan fingerprint density at radius 3 is 2.85 bits per heavy atom. The van der Waals surface area contributed by atoms with Crippen molar-refractivity contribution in [3.63, 3.8) is 0 Å². The van der Waals surface area contributed by atoms with Crippen molar-refractivity contribution in [1.29, 1.82) is 0 Å². The van der Waals surface area contributed by atoms with Gasteiger partial charge in [-0.05, 0) is 25.1 Å². The minimum Gasteiger partial charge on any atom is -0.434 e. The normalized spacial score (nSPS) is 12.2. The summed E-state index contributed by atoms with van der Waals surface area (Å²) in [7, 11) is 0. The molecule has 0 saturated heterocycles. The van der Waals surface area contributed by atoms with E-state index in [0.29, 0.717) is 15.5 Å². The highest BCUT2D eigenvalue weighted by molar-refractivity contribution is 7.21. The number of urea groups is 1. The summed E-state index contributed by atoms with van der Waals surface area (Å²) in [5.41, 5.74) is 0.861. The predicted octanol–water partition coefficient (Wildman–Crippen LogP) is 4.31. The van der Waals surface area contributed by atoms with Crippen LogP contribution in [0, 0.1) is 5.82 Å². The Morgan fingerprint density at radius 2 is 2.12 bits per heavy atom. The first kappa shape index (κ1) is 17.9. The van der Waals surface area contributed by atoms with E-state index < -0.39 is 24.5 Å². The van der Waals surface area contributed by atoms with Crippen LogP contribution in [0.5, 0.6) is 5.75 Å². The number of hydrogen-bond acceptors (Lipinski definition) is 5. The summed E-state index contributed by atoms with van der Waals surface area (Å²) in [5, 5.41) is 5.47. The molecule has 0 aliphatic rings. The lowest BCUT2D eigenvalue weighted by Gasteiger charge is -2.18. The van der Waals surface area contributed by atoms with Crippen LogP contribution in [0.2, 0.25) is 0 Å². The van der Waals surface area contributed by atoms with E-state index in [1.54, 1.807) is 25.3 Å². The van der Waals surface area contributed by atoms with Crippen molar-refractivity contribution in [2.45, 2.75) is 19.6 Å². The Bertz CT molecular complexity index is 902. The Labute approximate surface area is 150 Å². The second-order valence-electron chi connectivity index (χ2n) is 5.23. The number of thiazole rings is 1. The molecule has 2 aromatic heterocycles. The first-order valence-electron chi connectivity index (χ1n) is 7.45. The molecule has 0 radical (unpaired) electrons. The maximum absolute atomic E-state index is 13.3. The number of ether oxygens (including phenoxy) is 1. The Balaban J connectivity index is 1.71. The summed E-state index contributed by atoms with van der Waals surface area (Å²) in [5.74, 6) is -1.06. The highest BCUT2D eigenvalue weighted by Gasteiger charge is 2.18. The zero-order valence-electron chi connectivity index (χ0n) is 13.4. The number of hydrogen-bond donors (Lipinski definition) is 2. The highest BCUT2D eigenvalue weighted by atomic mass is 32.1. The van der Waals surface area contributed by atoms with E-state index in [1.807, 2.05) is 0 Å². The van der Waals surface area contributed by atoms with Gasteiger partial charge in [-0.2, -0.15) is 8.78 Å². The Hall–Kier alpha value is -2.88. The van der Waals surface area contributed by atoms with Gasteiger partial charge >= 0.3 is 12.6 Å². The average molecular weight is 382 g/mol. The molecular formula is C16H13F3N4O2S. The van der Waals surface area contributed by atoms with Crippen LogP contribution in [0.25, 0.3) is 10.3 Å². The van der Waals surface area contributed by atoms with Gasteiger partial charge in [0, 0.05) is 17.8 Å². The third kappa shape index (κ3) is 4.20. The SMILES string of the molecule is C[C@H](NC(=O)Nc1nc2cccnc2s1)c1ccc(F)cc1OC(F)F. The molecule has 1 aromatic carbocycles. The molecule has 0 spiro atoms. The van der Waals surface area contributed by atoms with Crippen molar-refractivity contribution in [2.75, 3.05) is 5.32 Å². The molecule has 2 amide bonds. The second kappa shape index (κ2) is 7.56. The van der Waals surface area contributed by atoms with E-state index >= 15 is 0 Å². The number of carbonyl (C=O) groups is 1. The number of nitrogens with zero attached hydrogens (tertiary/aromatic N) is 2. The molecule has 0 fully saturated rings. The minimum atomic E-state index is -3.10. The molecular weight excluding hydrogens is 369 g/mol. The fourth-order valence-corrected chi connectivity index (χ4v) is 3.10.